The summed E-state index contributed by atoms with van der Waals surface area (Å²) < 4.78 is 15.0. The standard InChI is InChI=1S/C31H25FN6O2/c32-22-11-9-20(10-12-22)31(40)34-18-17-28(39)37-19-21-5-1-2-6-25(21)29-30(26-7-3-4-8-27(26)37)38(36-35-29)24-15-13-23(33)14-16-24/h1-16H,17-19,33H2,(H,34,40)/i32-1. The molecular formula is C31H25FN6O2. The molecule has 0 bridgehead atoms. The van der Waals surface area contributed by atoms with Crippen LogP contribution in [0.2, 0.25) is 0 Å². The average Bonchev–Trinajstić information content (AvgIpc) is 3.40. The van der Waals surface area contributed by atoms with E-state index in [2.05, 4.69) is 15.6 Å². The summed E-state index contributed by atoms with van der Waals surface area (Å²) in [6.07, 6.45) is 0.0752. The van der Waals surface area contributed by atoms with Crippen molar-refractivity contribution >= 4 is 23.2 Å². The number of nitrogens with two attached hydrogens (primary N) is 1. The van der Waals surface area contributed by atoms with E-state index in [1.165, 1.54) is 24.3 Å². The Bertz CT molecular complexity index is 1710. The van der Waals surface area contributed by atoms with Gasteiger partial charge in [-0.15, -0.1) is 5.10 Å². The van der Waals surface area contributed by atoms with Gasteiger partial charge in [0.05, 0.1) is 17.9 Å². The first-order valence-electron chi connectivity index (χ1n) is 12.8. The van der Waals surface area contributed by atoms with Crippen LogP contribution in [0.15, 0.2) is 97.1 Å². The van der Waals surface area contributed by atoms with Gasteiger partial charge < -0.3 is 16.0 Å². The topological polar surface area (TPSA) is 106 Å². The number of carbonyl (C=O) groups is 2. The molecule has 0 saturated carbocycles. The van der Waals surface area contributed by atoms with Crippen LogP contribution < -0.4 is 16.0 Å². The van der Waals surface area contributed by atoms with E-state index in [0.717, 1.165) is 33.8 Å². The SMILES string of the molecule is Nc1ccc(-n2nnc3c2-c2ccccc2N(C(=O)CCNC(=O)c2ccc([18F])cc2)Cc2ccccc2-3)cc1. The van der Waals surface area contributed by atoms with E-state index in [1.54, 1.807) is 9.58 Å². The smallest absolute Gasteiger partial charge is 0.251 e. The Labute approximate surface area is 229 Å². The van der Waals surface area contributed by atoms with Crippen molar-refractivity contribution in [1.82, 2.24) is 20.3 Å². The van der Waals surface area contributed by atoms with Crippen LogP contribution in [-0.4, -0.2) is 33.4 Å². The minimum absolute atomic E-state index is 0.0752. The van der Waals surface area contributed by atoms with Crippen molar-refractivity contribution in [3.05, 3.63) is 114 Å². The molecule has 40 heavy (non-hydrogen) atoms. The Morgan fingerprint density at radius 2 is 1.57 bits per heavy atom. The number of hydrogen-bond acceptors (Lipinski definition) is 5. The van der Waals surface area contributed by atoms with E-state index in [9.17, 15) is 14.0 Å². The second kappa shape index (κ2) is 10.5. The van der Waals surface area contributed by atoms with Crippen LogP contribution in [0.4, 0.5) is 15.8 Å². The summed E-state index contributed by atoms with van der Waals surface area (Å²) in [4.78, 5) is 27.9. The number of benzene rings is 4. The summed E-state index contributed by atoms with van der Waals surface area (Å²) in [5.74, 6) is -0.940. The molecule has 0 radical (unpaired) electrons. The molecule has 0 fully saturated rings. The number of fused-ring (bicyclic) bond motifs is 5. The summed E-state index contributed by atoms with van der Waals surface area (Å²) >= 11 is 0. The summed E-state index contributed by atoms with van der Waals surface area (Å²) in [7, 11) is 0. The van der Waals surface area contributed by atoms with Gasteiger partial charge in [-0.2, -0.15) is 0 Å². The van der Waals surface area contributed by atoms with Crippen molar-refractivity contribution in [1.29, 1.82) is 0 Å². The molecule has 0 spiro atoms. The molecule has 9 heteroatoms. The number of nitrogen functional groups attached to an aromatic ring is 1. The maximum Gasteiger partial charge on any atom is 0.251 e. The number of aromatic nitrogens is 3. The molecule has 198 valence electrons. The normalized spacial score (nSPS) is 12.0. The monoisotopic (exact) mass is 531 g/mol. The quantitative estimate of drug-likeness (QED) is 0.311. The number of nitrogens with one attached hydrogen (secondary N) is 1. The zero-order valence-corrected chi connectivity index (χ0v) is 21.4. The Balaban J connectivity index is 1.36. The minimum atomic E-state index is -0.418. The highest BCUT2D eigenvalue weighted by molar-refractivity contribution is 6.01. The van der Waals surface area contributed by atoms with Gasteiger partial charge in [0, 0.05) is 35.3 Å². The molecule has 2 amide bonds. The van der Waals surface area contributed by atoms with Crippen molar-refractivity contribution in [2.75, 3.05) is 17.2 Å². The molecule has 0 aliphatic carbocycles. The molecule has 8 nitrogen and oxygen atoms in total. The molecule has 4 aromatic carbocycles. The van der Waals surface area contributed by atoms with E-state index >= 15 is 0 Å². The number of rotatable bonds is 5. The molecule has 6 rings (SSSR count). The summed E-state index contributed by atoms with van der Waals surface area (Å²) in [6, 6.07) is 28.2. The van der Waals surface area contributed by atoms with Gasteiger partial charge in [-0.1, -0.05) is 47.7 Å². The predicted molar refractivity (Wildman–Crippen MR) is 151 cm³/mol. The minimum Gasteiger partial charge on any atom is -0.399 e. The first-order chi connectivity index (χ1) is 19.5. The van der Waals surface area contributed by atoms with Gasteiger partial charge >= 0.3 is 0 Å². The lowest BCUT2D eigenvalue weighted by Crippen LogP contribution is -2.35. The molecule has 1 aromatic heterocycles. The fraction of sp³-hybridized carbons (Fsp3) is 0.0968. The molecule has 0 unspecified atom stereocenters. The van der Waals surface area contributed by atoms with Crippen LogP contribution in [0.25, 0.3) is 28.2 Å². The van der Waals surface area contributed by atoms with E-state index in [4.69, 9.17) is 5.73 Å². The lowest BCUT2D eigenvalue weighted by atomic mass is 9.95. The van der Waals surface area contributed by atoms with E-state index in [-0.39, 0.29) is 24.8 Å². The van der Waals surface area contributed by atoms with Crippen LogP contribution in [0.3, 0.4) is 0 Å². The van der Waals surface area contributed by atoms with Gasteiger partial charge in [0.25, 0.3) is 5.91 Å². The summed E-state index contributed by atoms with van der Waals surface area (Å²) in [5, 5.41) is 11.8. The third-order valence-electron chi connectivity index (χ3n) is 6.89. The second-order valence-corrected chi connectivity index (χ2v) is 9.46. The maximum atomic E-state index is 13.7. The lowest BCUT2D eigenvalue weighted by molar-refractivity contribution is -0.118. The van der Waals surface area contributed by atoms with Crippen molar-refractivity contribution in [2.24, 2.45) is 0 Å². The van der Waals surface area contributed by atoms with E-state index in [1.807, 2.05) is 72.8 Å². The molecular weight excluding hydrogens is 506 g/mol. The van der Waals surface area contributed by atoms with Crippen molar-refractivity contribution < 1.29 is 14.0 Å². The van der Waals surface area contributed by atoms with E-state index < -0.39 is 5.82 Å². The van der Waals surface area contributed by atoms with Gasteiger partial charge in [0.15, 0.2) is 0 Å². The van der Waals surface area contributed by atoms with Crippen LogP contribution in [0, 0.1) is 5.82 Å². The van der Waals surface area contributed by atoms with Gasteiger partial charge in [-0.3, -0.25) is 9.59 Å². The Morgan fingerprint density at radius 1 is 0.875 bits per heavy atom. The van der Waals surface area contributed by atoms with Crippen molar-refractivity contribution in [2.45, 2.75) is 13.0 Å². The fourth-order valence-corrected chi connectivity index (χ4v) is 4.90. The zero-order valence-electron chi connectivity index (χ0n) is 21.4. The third kappa shape index (κ3) is 4.69. The Kier molecular flexibility index (Phi) is 6.53. The number of anilines is 2. The maximum absolute atomic E-state index is 13.7. The Hall–Kier alpha value is -5.31. The zero-order chi connectivity index (χ0) is 27.6. The van der Waals surface area contributed by atoms with Crippen LogP contribution >= 0.6 is 0 Å². The number of nitrogens with zero attached hydrogens (tertiary/aromatic N) is 4. The predicted octanol–water partition coefficient (Wildman–Crippen LogP) is 4.99. The van der Waals surface area contributed by atoms with Gasteiger partial charge in [0.1, 0.15) is 17.2 Å². The van der Waals surface area contributed by atoms with Crippen LogP contribution in [0.5, 0.6) is 0 Å². The molecule has 5 aromatic rings. The van der Waals surface area contributed by atoms with Crippen LogP contribution in [-0.2, 0) is 11.3 Å². The number of hydrogen-bond donors (Lipinski definition) is 2. The van der Waals surface area contributed by atoms with Gasteiger partial charge in [-0.25, -0.2) is 9.07 Å². The second-order valence-electron chi connectivity index (χ2n) is 9.46. The molecule has 2 heterocycles. The lowest BCUT2D eigenvalue weighted by Gasteiger charge is -2.29. The summed E-state index contributed by atoms with van der Waals surface area (Å²) in [6.45, 7) is 0.456. The molecule has 1 aliphatic heterocycles. The largest absolute Gasteiger partial charge is 0.399 e. The van der Waals surface area contributed by atoms with E-state index in [0.29, 0.717) is 23.5 Å². The van der Waals surface area contributed by atoms with Crippen molar-refractivity contribution in [3.63, 3.8) is 0 Å². The average molecular weight is 532 g/mol. The first-order valence-corrected chi connectivity index (χ1v) is 12.8. The fourth-order valence-electron chi connectivity index (χ4n) is 4.90. The Morgan fingerprint density at radius 3 is 2.35 bits per heavy atom. The van der Waals surface area contributed by atoms with Crippen LogP contribution in [0.1, 0.15) is 22.3 Å². The third-order valence-corrected chi connectivity index (χ3v) is 6.89. The summed E-state index contributed by atoms with van der Waals surface area (Å²) in [5.41, 5.74) is 12.5. The molecule has 0 atom stereocenters. The number of amides is 2. The highest BCUT2D eigenvalue weighted by Crippen LogP contribution is 2.42. The van der Waals surface area contributed by atoms with Crippen molar-refractivity contribution in [3.8, 4) is 28.2 Å². The number of para-hydroxylation sites is 1. The number of halogens is 1. The first kappa shape index (κ1) is 25.0. The highest BCUT2D eigenvalue weighted by atomic mass is 18.2. The number of carbonyl (C=O) groups excluding carboxylic acids is 2. The van der Waals surface area contributed by atoms with Gasteiger partial charge in [-0.05, 0) is 60.2 Å². The molecule has 3 N–H and O–H groups in total. The molecule has 0 saturated heterocycles. The van der Waals surface area contributed by atoms with Gasteiger partial charge in [0.2, 0.25) is 5.91 Å². The highest BCUT2D eigenvalue weighted by Gasteiger charge is 2.29. The molecule has 1 aliphatic rings.